The summed E-state index contributed by atoms with van der Waals surface area (Å²) in [5.41, 5.74) is 27.4. The van der Waals surface area contributed by atoms with E-state index < -0.39 is 0 Å². The van der Waals surface area contributed by atoms with Crippen LogP contribution in [0.2, 0.25) is 0 Å². The number of hydrogen-bond acceptors (Lipinski definition) is 2. The van der Waals surface area contributed by atoms with Gasteiger partial charge in [0.2, 0.25) is 11.4 Å². The van der Waals surface area contributed by atoms with Gasteiger partial charge in [0.1, 0.15) is 0 Å². The topological polar surface area (TPSA) is 31.8 Å². The van der Waals surface area contributed by atoms with Crippen molar-refractivity contribution in [3.05, 3.63) is 100 Å². The number of anilines is 2. The average molecular weight is 1080 g/mol. The Morgan fingerprint density at radius 1 is 0.444 bits per heavy atom. The van der Waals surface area contributed by atoms with Gasteiger partial charge in [0.15, 0.2) is 0 Å². The summed E-state index contributed by atoms with van der Waals surface area (Å²) in [6, 6.07) is 9.48. The van der Waals surface area contributed by atoms with Gasteiger partial charge in [0.05, 0.1) is 5.57 Å². The zero-order chi connectivity index (χ0) is 52.7. The summed E-state index contributed by atoms with van der Waals surface area (Å²) < 4.78 is 1.59. The van der Waals surface area contributed by atoms with E-state index in [1.165, 1.54) is 199 Å². The van der Waals surface area contributed by atoms with Crippen molar-refractivity contribution >= 4 is 22.8 Å². The van der Waals surface area contributed by atoms with Crippen LogP contribution in [-0.2, 0) is 46.1 Å². The summed E-state index contributed by atoms with van der Waals surface area (Å²) in [4.78, 5) is 4.77. The summed E-state index contributed by atoms with van der Waals surface area (Å²) in [6.07, 6.45) is 46.6. The first-order valence-corrected chi connectivity index (χ1v) is 30.5. The summed E-state index contributed by atoms with van der Waals surface area (Å²) in [6.45, 7) is 32.2. The molecule has 414 valence electrons. The second-order valence-electron chi connectivity index (χ2n) is 20.7. The second-order valence-corrected chi connectivity index (χ2v) is 20.7. The van der Waals surface area contributed by atoms with Gasteiger partial charge in [-0.05, 0) is 112 Å². The molecule has 5 heteroatoms. The Labute approximate surface area is 463 Å². The van der Waals surface area contributed by atoms with Gasteiger partial charge in [-0.2, -0.15) is 12.8 Å². The predicted molar refractivity (Wildman–Crippen MR) is 322 cm³/mol. The molecule has 1 aliphatic heterocycles. The van der Waals surface area contributed by atoms with Crippen LogP contribution in [0.15, 0.2) is 47.6 Å². The van der Waals surface area contributed by atoms with E-state index in [1.807, 2.05) is 0 Å². The van der Waals surface area contributed by atoms with Gasteiger partial charge in [0, 0.05) is 55.3 Å². The number of allylic oxidation sites excluding steroid dienone is 4. The van der Waals surface area contributed by atoms with Gasteiger partial charge in [0.25, 0.3) is 0 Å². The van der Waals surface area contributed by atoms with Gasteiger partial charge >= 0.3 is 20.4 Å². The van der Waals surface area contributed by atoms with Gasteiger partial charge in [-0.15, -0.1) is 0 Å². The van der Waals surface area contributed by atoms with Crippen molar-refractivity contribution in [1.82, 2.24) is 0 Å². The number of unbranched alkanes of at least 4 members (excludes halogenated alkanes) is 24. The zero-order valence-electron chi connectivity index (χ0n) is 49.7. The van der Waals surface area contributed by atoms with Gasteiger partial charge in [-0.25, -0.2) is 4.70 Å². The van der Waals surface area contributed by atoms with Crippen molar-refractivity contribution < 1.29 is 25.1 Å². The van der Waals surface area contributed by atoms with Crippen molar-refractivity contribution in [3.8, 4) is 0 Å². The monoisotopic (exact) mass is 1080 g/mol. The number of benzene rings is 2. The Balaban J connectivity index is 0.00000181. The van der Waals surface area contributed by atoms with Crippen LogP contribution in [-0.4, -0.2) is 31.9 Å². The molecular weight excluding hydrogens is 967 g/mol. The van der Waals surface area contributed by atoms with Gasteiger partial charge < -0.3 is 29.2 Å². The molecule has 0 aromatic heterocycles. The number of nitrogens with zero attached hydrogens (tertiary/aromatic N) is 4. The minimum atomic E-state index is 0. The van der Waals surface area contributed by atoms with E-state index in [-0.39, 0.29) is 20.4 Å². The van der Waals surface area contributed by atoms with Crippen LogP contribution >= 0.6 is 0 Å². The SMILES string of the molecule is CCCCCC=CC1=C(c2cc(CC)c(N(C)CC)c(CC)c2)[N+](=[N-])C(c2cc(CC)c(N(C)CC)c(CC)c2)=C1CCCCCCCC.[CH2-]CCCCCCCCCC.[CH2-]CCCCCCCCCC.[Pd+2]. The molecule has 0 bridgehead atoms. The third-order valence-corrected chi connectivity index (χ3v) is 14.9. The Hall–Kier alpha value is -2.48. The second kappa shape index (κ2) is 44.8. The van der Waals surface area contributed by atoms with E-state index in [1.54, 1.807) is 4.70 Å². The molecular formula is C67H116N4Pd. The van der Waals surface area contributed by atoms with Crippen molar-refractivity contribution in [3.63, 3.8) is 0 Å². The van der Waals surface area contributed by atoms with Crippen LogP contribution in [0.5, 0.6) is 0 Å². The summed E-state index contributed by atoms with van der Waals surface area (Å²) >= 11 is 0. The molecule has 0 fully saturated rings. The Bertz CT molecular complexity index is 1700. The normalized spacial score (nSPS) is 12.3. The Morgan fingerprint density at radius 2 is 0.764 bits per heavy atom. The number of hydrogen-bond donors (Lipinski definition) is 0. The van der Waals surface area contributed by atoms with Crippen molar-refractivity contribution in [2.45, 2.75) is 281 Å². The third-order valence-electron chi connectivity index (χ3n) is 14.9. The van der Waals surface area contributed by atoms with Crippen LogP contribution in [0.4, 0.5) is 11.4 Å². The molecule has 0 spiro atoms. The fourth-order valence-electron chi connectivity index (χ4n) is 10.2. The summed E-state index contributed by atoms with van der Waals surface area (Å²) in [7, 11) is 4.42. The Kier molecular flexibility index (Phi) is 43.2. The minimum absolute atomic E-state index is 0. The maximum Gasteiger partial charge on any atom is 2.00 e. The Morgan fingerprint density at radius 3 is 1.10 bits per heavy atom. The third kappa shape index (κ3) is 25.4. The average Bonchev–Trinajstić information content (AvgIpc) is 3.67. The van der Waals surface area contributed by atoms with E-state index in [2.05, 4.69) is 143 Å². The maximum atomic E-state index is 12.6. The van der Waals surface area contributed by atoms with Gasteiger partial charge in [-0.3, -0.25) is 0 Å². The van der Waals surface area contributed by atoms with Crippen molar-refractivity contribution in [1.29, 1.82) is 0 Å². The summed E-state index contributed by atoms with van der Waals surface area (Å²) in [5.74, 6) is 0. The van der Waals surface area contributed by atoms with Crippen LogP contribution < -0.4 is 9.80 Å². The molecule has 0 saturated heterocycles. The standard InChI is InChI=1S/C45H70N4.2C11H23.Pd/c1-11-19-21-23-25-27-29-41-40(28-26-24-22-20-12-2)44(38-30-34(13-3)42(47(9)17-7)35(14-4)31-38)49(46)45(41)39-32-36(15-5)43(48(10)18-8)37(16-6)33-39;2*1-3-5-7-9-11-10-8-6-4-2;/h26,28,30-33H,11-25,27,29H2,1-10H3;2*1,3-11H2,2H3;/q;2*-1;+2. The minimum Gasteiger partial charge on any atom is -0.493 e. The van der Waals surface area contributed by atoms with E-state index in [0.29, 0.717) is 0 Å². The molecule has 3 rings (SSSR count). The number of rotatable bonds is 38. The van der Waals surface area contributed by atoms with Crippen LogP contribution in [0, 0.1) is 13.8 Å². The summed E-state index contributed by atoms with van der Waals surface area (Å²) in [5, 5.41) is 0. The fraction of sp³-hybridized carbons (Fsp3) is 0.701. The quantitative estimate of drug-likeness (QED) is 0.0290. The van der Waals surface area contributed by atoms with E-state index in [4.69, 9.17) is 0 Å². The molecule has 0 radical (unpaired) electrons. The van der Waals surface area contributed by atoms with Crippen LogP contribution in [0.25, 0.3) is 16.9 Å². The molecule has 0 unspecified atom stereocenters. The molecule has 1 heterocycles. The largest absolute Gasteiger partial charge is 2.00 e. The van der Waals surface area contributed by atoms with Crippen molar-refractivity contribution in [2.75, 3.05) is 37.0 Å². The maximum absolute atomic E-state index is 12.6. The fourth-order valence-corrected chi connectivity index (χ4v) is 10.2. The van der Waals surface area contributed by atoms with Crippen molar-refractivity contribution in [2.24, 2.45) is 0 Å². The molecule has 72 heavy (non-hydrogen) atoms. The first-order valence-electron chi connectivity index (χ1n) is 30.5. The zero-order valence-corrected chi connectivity index (χ0v) is 51.3. The molecule has 0 aliphatic carbocycles. The molecule has 0 atom stereocenters. The first kappa shape index (κ1) is 69.5. The molecule has 1 aliphatic rings. The van der Waals surface area contributed by atoms with Crippen LogP contribution in [0.3, 0.4) is 0 Å². The van der Waals surface area contributed by atoms with E-state index in [9.17, 15) is 5.53 Å². The molecule has 0 N–H and O–H groups in total. The molecule has 4 nitrogen and oxygen atoms in total. The van der Waals surface area contributed by atoms with E-state index >= 15 is 0 Å². The van der Waals surface area contributed by atoms with Crippen LogP contribution in [0.1, 0.15) is 289 Å². The molecule has 0 saturated carbocycles. The van der Waals surface area contributed by atoms with Gasteiger partial charge in [-0.1, -0.05) is 215 Å². The smallest absolute Gasteiger partial charge is 0.493 e. The number of aryl methyl sites for hydroxylation is 4. The first-order chi connectivity index (χ1) is 34.6. The molecule has 0 amide bonds. The molecule has 2 aromatic rings. The van der Waals surface area contributed by atoms with E-state index in [0.717, 1.165) is 93.4 Å². The predicted octanol–water partition coefficient (Wildman–Crippen LogP) is 21.6. The molecule has 2 aromatic carbocycles.